The van der Waals surface area contributed by atoms with Crippen LogP contribution in [0.3, 0.4) is 0 Å². The highest BCUT2D eigenvalue weighted by atomic mass is 127. The van der Waals surface area contributed by atoms with E-state index >= 15 is 0 Å². The summed E-state index contributed by atoms with van der Waals surface area (Å²) in [6, 6.07) is 15.9. The summed E-state index contributed by atoms with van der Waals surface area (Å²) < 4.78 is 13.8. The van der Waals surface area contributed by atoms with E-state index < -0.39 is 0 Å². The molecule has 0 aromatic heterocycles. The lowest BCUT2D eigenvalue weighted by molar-refractivity contribution is 0.265. The summed E-state index contributed by atoms with van der Waals surface area (Å²) in [4.78, 5) is 4.10. The summed E-state index contributed by atoms with van der Waals surface area (Å²) in [6.45, 7) is 0.698. The van der Waals surface area contributed by atoms with Crippen LogP contribution >= 0.6 is 24.0 Å². The molecule has 2 rings (SSSR count). The van der Waals surface area contributed by atoms with Gasteiger partial charge in [0.1, 0.15) is 5.82 Å². The Bertz CT molecular complexity index is 762. The standard InChI is InChI=1S/C19H21FN4O.HI/c1-22-19(23-11-16-9-14(10-21)7-8-18(16)20)24-12-17(13-25)15-5-3-2-4-6-15;/h2-9,17,25H,11-13H2,1H3,(H2,22,23,24);1H. The van der Waals surface area contributed by atoms with Gasteiger partial charge < -0.3 is 15.7 Å². The van der Waals surface area contributed by atoms with E-state index in [1.165, 1.54) is 18.2 Å². The molecule has 1 unspecified atom stereocenters. The number of aliphatic hydroxyl groups excluding tert-OH is 1. The third-order valence-corrected chi connectivity index (χ3v) is 3.85. The number of hydrogen-bond donors (Lipinski definition) is 3. The first-order valence-electron chi connectivity index (χ1n) is 7.96. The molecule has 0 spiro atoms. The molecular weight excluding hydrogens is 446 g/mol. The molecule has 3 N–H and O–H groups in total. The van der Waals surface area contributed by atoms with Crippen molar-refractivity contribution in [1.82, 2.24) is 10.6 Å². The number of halogens is 2. The van der Waals surface area contributed by atoms with Gasteiger partial charge in [0, 0.05) is 31.6 Å². The molecule has 0 aliphatic heterocycles. The highest BCUT2D eigenvalue weighted by Crippen LogP contribution is 2.13. The van der Waals surface area contributed by atoms with Crippen LogP contribution in [-0.2, 0) is 6.54 Å². The topological polar surface area (TPSA) is 80.4 Å². The molecule has 0 saturated carbocycles. The van der Waals surface area contributed by atoms with E-state index in [1.807, 2.05) is 36.4 Å². The van der Waals surface area contributed by atoms with Crippen LogP contribution in [0.25, 0.3) is 0 Å². The molecule has 5 nitrogen and oxygen atoms in total. The van der Waals surface area contributed by atoms with Crippen molar-refractivity contribution >= 4 is 29.9 Å². The van der Waals surface area contributed by atoms with Gasteiger partial charge in [-0.25, -0.2) is 4.39 Å². The third kappa shape index (κ3) is 6.28. The Morgan fingerprint density at radius 2 is 1.96 bits per heavy atom. The van der Waals surface area contributed by atoms with Crippen LogP contribution in [0.1, 0.15) is 22.6 Å². The molecule has 0 saturated heterocycles. The summed E-state index contributed by atoms with van der Waals surface area (Å²) in [7, 11) is 1.62. The molecule has 0 bridgehead atoms. The van der Waals surface area contributed by atoms with Crippen molar-refractivity contribution < 1.29 is 9.50 Å². The van der Waals surface area contributed by atoms with Gasteiger partial charge in [-0.3, -0.25) is 4.99 Å². The third-order valence-electron chi connectivity index (χ3n) is 3.85. The average Bonchev–Trinajstić information content (AvgIpc) is 2.66. The Labute approximate surface area is 170 Å². The zero-order chi connectivity index (χ0) is 18.1. The van der Waals surface area contributed by atoms with Crippen LogP contribution in [-0.4, -0.2) is 31.3 Å². The van der Waals surface area contributed by atoms with Crippen molar-refractivity contribution in [1.29, 1.82) is 5.26 Å². The minimum atomic E-state index is -0.375. The first-order chi connectivity index (χ1) is 12.2. The van der Waals surface area contributed by atoms with Crippen LogP contribution in [0.5, 0.6) is 0 Å². The van der Waals surface area contributed by atoms with Crippen molar-refractivity contribution in [3.05, 3.63) is 71.0 Å². The summed E-state index contributed by atoms with van der Waals surface area (Å²) >= 11 is 0. The maximum Gasteiger partial charge on any atom is 0.191 e. The molecule has 0 fully saturated rings. The van der Waals surface area contributed by atoms with Crippen LogP contribution < -0.4 is 10.6 Å². The quantitative estimate of drug-likeness (QED) is 0.346. The second kappa shape index (κ2) is 11.4. The number of benzene rings is 2. The predicted octanol–water partition coefficient (Wildman–Crippen LogP) is 2.76. The number of nitrogens with zero attached hydrogens (tertiary/aromatic N) is 2. The molecule has 0 heterocycles. The van der Waals surface area contributed by atoms with Crippen molar-refractivity contribution in [3.8, 4) is 6.07 Å². The largest absolute Gasteiger partial charge is 0.396 e. The van der Waals surface area contributed by atoms with E-state index in [1.54, 1.807) is 7.05 Å². The van der Waals surface area contributed by atoms with Gasteiger partial charge in [0.15, 0.2) is 5.96 Å². The number of guanidine groups is 1. The lowest BCUT2D eigenvalue weighted by Crippen LogP contribution is -2.39. The van der Waals surface area contributed by atoms with Gasteiger partial charge in [0.2, 0.25) is 0 Å². The number of aliphatic hydroxyl groups is 1. The van der Waals surface area contributed by atoms with Crippen molar-refractivity contribution in [3.63, 3.8) is 0 Å². The molecule has 0 radical (unpaired) electrons. The Kier molecular flexibility index (Phi) is 9.62. The first-order valence-corrected chi connectivity index (χ1v) is 7.96. The van der Waals surface area contributed by atoms with Gasteiger partial charge in [-0.05, 0) is 23.8 Å². The maximum absolute atomic E-state index is 13.8. The molecule has 0 aliphatic rings. The van der Waals surface area contributed by atoms with E-state index in [0.29, 0.717) is 23.6 Å². The van der Waals surface area contributed by atoms with Gasteiger partial charge in [0.25, 0.3) is 0 Å². The number of rotatable bonds is 6. The van der Waals surface area contributed by atoms with Gasteiger partial charge in [-0.15, -0.1) is 24.0 Å². The fraction of sp³-hybridized carbons (Fsp3) is 0.263. The van der Waals surface area contributed by atoms with E-state index in [4.69, 9.17) is 5.26 Å². The highest BCUT2D eigenvalue weighted by Gasteiger charge is 2.11. The lowest BCUT2D eigenvalue weighted by atomic mass is 10.0. The van der Waals surface area contributed by atoms with Crippen molar-refractivity contribution in [2.45, 2.75) is 12.5 Å². The lowest BCUT2D eigenvalue weighted by Gasteiger charge is -2.18. The molecule has 26 heavy (non-hydrogen) atoms. The summed E-state index contributed by atoms with van der Waals surface area (Å²) in [5.74, 6) is 0.0500. The van der Waals surface area contributed by atoms with Gasteiger partial charge in [-0.1, -0.05) is 30.3 Å². The smallest absolute Gasteiger partial charge is 0.191 e. The van der Waals surface area contributed by atoms with Crippen molar-refractivity contribution in [2.24, 2.45) is 4.99 Å². The average molecular weight is 468 g/mol. The van der Waals surface area contributed by atoms with E-state index in [9.17, 15) is 9.50 Å². The summed E-state index contributed by atoms with van der Waals surface area (Å²) in [6.07, 6.45) is 0. The van der Waals surface area contributed by atoms with Crippen LogP contribution in [0, 0.1) is 17.1 Å². The van der Waals surface area contributed by atoms with E-state index in [-0.39, 0.29) is 48.9 Å². The fourth-order valence-electron chi connectivity index (χ4n) is 2.41. The van der Waals surface area contributed by atoms with Gasteiger partial charge >= 0.3 is 0 Å². The van der Waals surface area contributed by atoms with Crippen LogP contribution in [0.15, 0.2) is 53.5 Å². The summed E-state index contributed by atoms with van der Waals surface area (Å²) in [5.41, 5.74) is 1.83. The van der Waals surface area contributed by atoms with Gasteiger partial charge in [0.05, 0.1) is 18.2 Å². The minimum absolute atomic E-state index is 0. The Morgan fingerprint density at radius 3 is 2.58 bits per heavy atom. The molecule has 1 atom stereocenters. The Balaban J connectivity index is 0.00000338. The molecule has 138 valence electrons. The fourth-order valence-corrected chi connectivity index (χ4v) is 2.41. The monoisotopic (exact) mass is 468 g/mol. The highest BCUT2D eigenvalue weighted by molar-refractivity contribution is 14.0. The Hall–Kier alpha value is -2.18. The second-order valence-electron chi connectivity index (χ2n) is 5.51. The van der Waals surface area contributed by atoms with E-state index in [0.717, 1.165) is 5.56 Å². The van der Waals surface area contributed by atoms with Gasteiger partial charge in [-0.2, -0.15) is 5.26 Å². The summed E-state index contributed by atoms with van der Waals surface area (Å²) in [5, 5.41) is 24.6. The zero-order valence-corrected chi connectivity index (χ0v) is 16.8. The minimum Gasteiger partial charge on any atom is -0.396 e. The molecule has 0 aliphatic carbocycles. The number of nitrogens with one attached hydrogen (secondary N) is 2. The normalized spacial score (nSPS) is 11.8. The van der Waals surface area contributed by atoms with Crippen molar-refractivity contribution in [2.75, 3.05) is 20.2 Å². The number of nitriles is 1. The number of aliphatic imine (C=N–C) groups is 1. The SMILES string of the molecule is CN=C(NCc1cc(C#N)ccc1F)NCC(CO)c1ccccc1.I. The number of hydrogen-bond acceptors (Lipinski definition) is 3. The maximum atomic E-state index is 13.8. The van der Waals surface area contributed by atoms with Crippen LogP contribution in [0.4, 0.5) is 4.39 Å². The molecular formula is C19H22FIN4O. The first kappa shape index (κ1) is 21.9. The molecule has 0 amide bonds. The molecule has 2 aromatic rings. The van der Waals surface area contributed by atoms with E-state index in [2.05, 4.69) is 15.6 Å². The zero-order valence-electron chi connectivity index (χ0n) is 14.4. The predicted molar refractivity (Wildman–Crippen MR) is 111 cm³/mol. The molecule has 2 aromatic carbocycles. The Morgan fingerprint density at radius 1 is 1.23 bits per heavy atom. The second-order valence-corrected chi connectivity index (χ2v) is 5.51. The van der Waals surface area contributed by atoms with Crippen LogP contribution in [0.2, 0.25) is 0 Å². The molecule has 7 heteroatoms.